The summed E-state index contributed by atoms with van der Waals surface area (Å²) in [7, 11) is 0. The quantitative estimate of drug-likeness (QED) is 0.572. The molecule has 1 saturated heterocycles. The Kier molecular flexibility index (Phi) is 2.64. The predicted molar refractivity (Wildman–Crippen MR) is 39.0 cm³/mol. The summed E-state index contributed by atoms with van der Waals surface area (Å²) >= 11 is 3.53. The fraction of sp³-hybridized carbons (Fsp3) is 0.800. The van der Waals surface area contributed by atoms with Crippen LogP contribution in [0.1, 0.15) is 6.92 Å². The van der Waals surface area contributed by atoms with Gasteiger partial charge in [-0.05, 0) is 18.5 Å². The third-order valence-corrected chi connectivity index (χ3v) is 2.50. The highest BCUT2D eigenvalue weighted by Crippen LogP contribution is 2.25. The van der Waals surface area contributed by atoms with E-state index in [4.69, 9.17) is 11.6 Å². The van der Waals surface area contributed by atoms with E-state index in [9.17, 15) is 9.00 Å². The molecule has 0 radical (unpaired) electrons. The van der Waals surface area contributed by atoms with Crippen molar-refractivity contribution in [2.24, 2.45) is 5.41 Å². The van der Waals surface area contributed by atoms with Gasteiger partial charge in [-0.15, -0.1) is 0 Å². The Hall–Kier alpha value is 0.0300. The molecule has 1 heterocycles. The molecule has 0 amide bonds. The molecule has 0 bridgehead atoms. The lowest BCUT2D eigenvalue weighted by atomic mass is 9.95. The zero-order chi connectivity index (χ0) is 8.48. The maximum Gasteiger partial charge on any atom is 0.304 e. The molecule has 64 valence electrons. The fourth-order valence-corrected chi connectivity index (χ4v) is 1.44. The van der Waals surface area contributed by atoms with Gasteiger partial charge < -0.3 is 0 Å². The maximum atomic E-state index is 10.7. The third kappa shape index (κ3) is 1.99. The van der Waals surface area contributed by atoms with E-state index in [2.05, 4.69) is 8.37 Å². The third-order valence-electron chi connectivity index (χ3n) is 1.42. The molecule has 11 heavy (non-hydrogen) atoms. The van der Waals surface area contributed by atoms with Gasteiger partial charge in [-0.1, -0.05) is 0 Å². The van der Waals surface area contributed by atoms with Crippen LogP contribution >= 0.6 is 11.6 Å². The Labute approximate surface area is 71.7 Å². The van der Waals surface area contributed by atoms with Crippen LogP contribution in [0.5, 0.6) is 0 Å². The lowest BCUT2D eigenvalue weighted by molar-refractivity contribution is -0.124. The van der Waals surface area contributed by atoms with Crippen LogP contribution < -0.4 is 0 Å². The first kappa shape index (κ1) is 9.12. The minimum atomic E-state index is -1.71. The lowest BCUT2D eigenvalue weighted by Crippen LogP contribution is -2.39. The van der Waals surface area contributed by atoms with E-state index in [1.807, 2.05) is 0 Å². The molecule has 0 aromatic heterocycles. The van der Waals surface area contributed by atoms with Gasteiger partial charge in [-0.3, -0.25) is 13.2 Å². The van der Waals surface area contributed by atoms with Crippen LogP contribution in [0.15, 0.2) is 0 Å². The number of hydrogen-bond acceptors (Lipinski definition) is 4. The van der Waals surface area contributed by atoms with Crippen LogP contribution in [0, 0.1) is 5.41 Å². The van der Waals surface area contributed by atoms with Gasteiger partial charge in [0.2, 0.25) is 5.24 Å². The molecule has 1 fully saturated rings. The highest BCUT2D eigenvalue weighted by atomic mass is 35.5. The van der Waals surface area contributed by atoms with Crippen LogP contribution in [0.3, 0.4) is 0 Å². The van der Waals surface area contributed by atoms with Crippen LogP contribution in [-0.4, -0.2) is 22.7 Å². The summed E-state index contributed by atoms with van der Waals surface area (Å²) in [4.78, 5) is 10.7. The van der Waals surface area contributed by atoms with E-state index in [1.165, 1.54) is 0 Å². The molecule has 0 unspecified atom stereocenters. The Balaban J connectivity index is 2.62. The van der Waals surface area contributed by atoms with E-state index >= 15 is 0 Å². The standard InChI is InChI=1S/C5H7ClO4S/c1-5(4(6)7)2-9-11(8)10-3-5/h2-3H2,1H3. The Morgan fingerprint density at radius 3 is 2.36 bits per heavy atom. The van der Waals surface area contributed by atoms with Gasteiger partial charge in [0.15, 0.2) is 0 Å². The van der Waals surface area contributed by atoms with Gasteiger partial charge in [0, 0.05) is 0 Å². The average Bonchev–Trinajstić information content (AvgIpc) is 1.95. The first-order valence-electron chi connectivity index (χ1n) is 2.93. The molecular weight excluding hydrogens is 192 g/mol. The summed E-state index contributed by atoms with van der Waals surface area (Å²) in [5, 5.41) is -0.533. The Bertz CT molecular complexity index is 195. The van der Waals surface area contributed by atoms with Gasteiger partial charge in [0.1, 0.15) is 0 Å². The smallest absolute Gasteiger partial charge is 0.281 e. The summed E-state index contributed by atoms with van der Waals surface area (Å²) in [6.45, 7) is 1.68. The predicted octanol–water partition coefficient (Wildman–Crippen LogP) is 0.384. The highest BCUT2D eigenvalue weighted by Gasteiger charge is 2.37. The zero-order valence-corrected chi connectivity index (χ0v) is 7.41. The van der Waals surface area contributed by atoms with Gasteiger partial charge in [0.25, 0.3) is 0 Å². The van der Waals surface area contributed by atoms with E-state index in [1.54, 1.807) is 6.92 Å². The second-order valence-electron chi connectivity index (χ2n) is 2.56. The van der Waals surface area contributed by atoms with E-state index in [0.717, 1.165) is 0 Å². The molecule has 0 spiro atoms. The second kappa shape index (κ2) is 3.18. The van der Waals surface area contributed by atoms with Crippen molar-refractivity contribution in [3.05, 3.63) is 0 Å². The first-order chi connectivity index (χ1) is 5.04. The second-order valence-corrected chi connectivity index (χ2v) is 3.79. The molecule has 6 heteroatoms. The normalized spacial score (nSPS) is 38.5. The average molecular weight is 199 g/mol. The largest absolute Gasteiger partial charge is 0.304 e. The number of rotatable bonds is 1. The molecule has 0 aromatic rings. The van der Waals surface area contributed by atoms with Crippen LogP contribution in [0.4, 0.5) is 0 Å². The number of hydrogen-bond donors (Lipinski definition) is 0. The number of carbonyl (C=O) groups is 1. The van der Waals surface area contributed by atoms with E-state index in [0.29, 0.717) is 0 Å². The van der Waals surface area contributed by atoms with Crippen molar-refractivity contribution < 1.29 is 17.4 Å². The van der Waals surface area contributed by atoms with Crippen molar-refractivity contribution in [2.45, 2.75) is 6.92 Å². The Morgan fingerprint density at radius 2 is 2.00 bits per heavy atom. The fourth-order valence-electron chi connectivity index (χ4n) is 0.546. The van der Waals surface area contributed by atoms with E-state index < -0.39 is 22.0 Å². The SMILES string of the molecule is CC1(C(=O)Cl)COS(=O)OC1. The molecule has 4 nitrogen and oxygen atoms in total. The van der Waals surface area contributed by atoms with Crippen molar-refractivity contribution in [3.8, 4) is 0 Å². The molecule has 1 rings (SSSR count). The molecule has 1 aliphatic rings. The molecule has 1 aliphatic heterocycles. The van der Waals surface area contributed by atoms with Gasteiger partial charge >= 0.3 is 11.4 Å². The number of carbonyl (C=O) groups excluding carboxylic acids is 1. The molecule has 0 saturated carbocycles. The summed E-state index contributed by atoms with van der Waals surface area (Å²) in [5.74, 6) is 0. The minimum Gasteiger partial charge on any atom is -0.281 e. The summed E-state index contributed by atoms with van der Waals surface area (Å²) in [5.41, 5.74) is -0.852. The molecular formula is C5H7ClO4S. The van der Waals surface area contributed by atoms with Crippen LogP contribution in [0.2, 0.25) is 0 Å². The van der Waals surface area contributed by atoms with Crippen molar-refractivity contribution >= 4 is 28.2 Å². The zero-order valence-electron chi connectivity index (χ0n) is 5.83. The van der Waals surface area contributed by atoms with Crippen molar-refractivity contribution in [2.75, 3.05) is 13.2 Å². The van der Waals surface area contributed by atoms with Crippen LogP contribution in [0.25, 0.3) is 0 Å². The topological polar surface area (TPSA) is 52.6 Å². The summed E-state index contributed by atoms with van der Waals surface area (Å²) in [6, 6.07) is 0. The summed E-state index contributed by atoms with van der Waals surface area (Å²) in [6.07, 6.45) is 0. The molecule has 0 aromatic carbocycles. The highest BCUT2D eigenvalue weighted by molar-refractivity contribution is 7.75. The van der Waals surface area contributed by atoms with Gasteiger partial charge in [-0.2, -0.15) is 4.21 Å². The van der Waals surface area contributed by atoms with Gasteiger partial charge in [-0.25, -0.2) is 0 Å². The number of halogens is 1. The molecule has 0 atom stereocenters. The van der Waals surface area contributed by atoms with E-state index in [-0.39, 0.29) is 13.2 Å². The van der Waals surface area contributed by atoms with Crippen molar-refractivity contribution in [1.82, 2.24) is 0 Å². The molecule has 0 aliphatic carbocycles. The first-order valence-corrected chi connectivity index (χ1v) is 4.31. The van der Waals surface area contributed by atoms with Crippen LogP contribution in [-0.2, 0) is 24.5 Å². The maximum absolute atomic E-state index is 10.7. The van der Waals surface area contributed by atoms with Crippen molar-refractivity contribution in [3.63, 3.8) is 0 Å². The lowest BCUT2D eigenvalue weighted by Gasteiger charge is -2.27. The Morgan fingerprint density at radius 1 is 1.55 bits per heavy atom. The minimum absolute atomic E-state index is 0.0436. The summed E-state index contributed by atoms with van der Waals surface area (Å²) < 4.78 is 19.7. The van der Waals surface area contributed by atoms with Gasteiger partial charge in [0.05, 0.1) is 18.6 Å². The van der Waals surface area contributed by atoms with Crippen molar-refractivity contribution in [1.29, 1.82) is 0 Å². The monoisotopic (exact) mass is 198 g/mol. The molecule has 0 N–H and O–H groups in total.